The second kappa shape index (κ2) is 7.35. The van der Waals surface area contributed by atoms with Crippen LogP contribution in [0.3, 0.4) is 0 Å². The van der Waals surface area contributed by atoms with E-state index in [4.69, 9.17) is 0 Å². The Bertz CT molecular complexity index is 505. The summed E-state index contributed by atoms with van der Waals surface area (Å²) >= 11 is 0. The zero-order chi connectivity index (χ0) is 15.4. The van der Waals surface area contributed by atoms with Crippen LogP contribution in [0.25, 0.3) is 0 Å². The van der Waals surface area contributed by atoms with Gasteiger partial charge in [-0.1, -0.05) is 50.7 Å². The number of rotatable bonds is 4. The summed E-state index contributed by atoms with van der Waals surface area (Å²) < 4.78 is 0. The van der Waals surface area contributed by atoms with Crippen LogP contribution in [0.2, 0.25) is 0 Å². The van der Waals surface area contributed by atoms with E-state index in [1.54, 1.807) is 0 Å². The Labute approximate surface area is 135 Å². The molecule has 0 saturated heterocycles. The van der Waals surface area contributed by atoms with Gasteiger partial charge in [0.1, 0.15) is 5.75 Å². The van der Waals surface area contributed by atoms with E-state index in [2.05, 4.69) is 12.6 Å². The molecule has 3 rings (SSSR count). The molecule has 0 radical (unpaired) electrons. The molecule has 1 aromatic rings. The van der Waals surface area contributed by atoms with Crippen LogP contribution in [0.5, 0.6) is 5.75 Å². The summed E-state index contributed by atoms with van der Waals surface area (Å²) in [6.07, 6.45) is 16.1. The monoisotopic (exact) mass is 298 g/mol. The Kier molecular flexibility index (Phi) is 5.23. The molecule has 0 atom stereocenters. The molecule has 0 aliphatic heterocycles. The molecule has 1 heteroatoms. The third-order valence-corrected chi connectivity index (χ3v) is 5.75. The van der Waals surface area contributed by atoms with Gasteiger partial charge < -0.3 is 5.11 Å². The van der Waals surface area contributed by atoms with Crippen molar-refractivity contribution in [3.63, 3.8) is 0 Å². The molecule has 0 amide bonds. The molecule has 2 aliphatic rings. The largest absolute Gasteiger partial charge is 0.508 e. The fraction of sp³-hybridized carbons (Fsp3) is 0.619. The molecule has 1 N–H and O–H groups in total. The van der Waals surface area contributed by atoms with Crippen LogP contribution in [-0.4, -0.2) is 5.11 Å². The molecule has 2 fully saturated rings. The minimum Gasteiger partial charge on any atom is -0.508 e. The molecule has 2 saturated carbocycles. The molecule has 1 aromatic carbocycles. The average Bonchev–Trinajstić information content (AvgIpc) is 2.58. The van der Waals surface area contributed by atoms with Gasteiger partial charge in [-0.25, -0.2) is 0 Å². The fourth-order valence-electron chi connectivity index (χ4n) is 4.70. The van der Waals surface area contributed by atoms with Crippen molar-refractivity contribution in [1.29, 1.82) is 0 Å². The summed E-state index contributed by atoms with van der Waals surface area (Å²) in [5, 5.41) is 10.6. The fourth-order valence-corrected chi connectivity index (χ4v) is 4.70. The summed E-state index contributed by atoms with van der Waals surface area (Å²) in [7, 11) is 0. The minimum atomic E-state index is 0.556. The highest BCUT2D eigenvalue weighted by Crippen LogP contribution is 2.46. The van der Waals surface area contributed by atoms with E-state index in [1.807, 2.05) is 12.1 Å². The second-order valence-electron chi connectivity index (χ2n) is 7.23. The number of phenolic OH excluding ortho intramolecular Hbond substituents is 1. The van der Waals surface area contributed by atoms with Gasteiger partial charge in [-0.3, -0.25) is 0 Å². The van der Waals surface area contributed by atoms with E-state index < -0.39 is 0 Å². The van der Waals surface area contributed by atoms with Crippen molar-refractivity contribution in [3.05, 3.63) is 41.5 Å². The Morgan fingerprint density at radius 3 is 1.95 bits per heavy atom. The lowest BCUT2D eigenvalue weighted by molar-refractivity contribution is 0.396. The lowest BCUT2D eigenvalue weighted by Crippen LogP contribution is -2.15. The van der Waals surface area contributed by atoms with Crippen molar-refractivity contribution in [2.75, 3.05) is 0 Å². The summed E-state index contributed by atoms with van der Waals surface area (Å²) in [5.41, 5.74) is 4.23. The summed E-state index contributed by atoms with van der Waals surface area (Å²) in [5.74, 6) is 1.79. The SMILES string of the molecule is C=CCc1ccc(O)c(C2CCCCC2)c1C1CCCCC1. The Morgan fingerprint density at radius 2 is 1.41 bits per heavy atom. The first kappa shape index (κ1) is 15.6. The molecule has 0 heterocycles. The molecule has 22 heavy (non-hydrogen) atoms. The second-order valence-corrected chi connectivity index (χ2v) is 7.23. The van der Waals surface area contributed by atoms with Gasteiger partial charge in [0, 0.05) is 5.56 Å². The van der Waals surface area contributed by atoms with Gasteiger partial charge in [-0.2, -0.15) is 0 Å². The van der Waals surface area contributed by atoms with E-state index >= 15 is 0 Å². The van der Waals surface area contributed by atoms with Gasteiger partial charge in [-0.15, -0.1) is 6.58 Å². The average molecular weight is 298 g/mol. The first-order valence-corrected chi connectivity index (χ1v) is 9.26. The number of hydrogen-bond acceptors (Lipinski definition) is 1. The molecule has 0 aromatic heterocycles. The van der Waals surface area contributed by atoms with Gasteiger partial charge in [0.15, 0.2) is 0 Å². The molecule has 0 bridgehead atoms. The first-order valence-electron chi connectivity index (χ1n) is 9.26. The van der Waals surface area contributed by atoms with Crippen molar-refractivity contribution < 1.29 is 5.11 Å². The first-order chi connectivity index (χ1) is 10.8. The summed E-state index contributed by atoms with van der Waals surface area (Å²) in [4.78, 5) is 0. The van der Waals surface area contributed by atoms with Crippen LogP contribution in [0.15, 0.2) is 24.8 Å². The third-order valence-electron chi connectivity index (χ3n) is 5.75. The zero-order valence-corrected chi connectivity index (χ0v) is 13.8. The number of aromatic hydroxyl groups is 1. The van der Waals surface area contributed by atoms with Gasteiger partial charge in [-0.05, 0) is 61.1 Å². The quantitative estimate of drug-likeness (QED) is 0.654. The van der Waals surface area contributed by atoms with Crippen molar-refractivity contribution >= 4 is 0 Å². The predicted molar refractivity (Wildman–Crippen MR) is 93.7 cm³/mol. The molecule has 1 nitrogen and oxygen atoms in total. The summed E-state index contributed by atoms with van der Waals surface area (Å²) in [6, 6.07) is 4.09. The van der Waals surface area contributed by atoms with Crippen LogP contribution in [0.1, 0.15) is 92.7 Å². The van der Waals surface area contributed by atoms with Crippen LogP contribution < -0.4 is 0 Å². The highest BCUT2D eigenvalue weighted by Gasteiger charge is 2.28. The molecule has 0 unspecified atom stereocenters. The highest BCUT2D eigenvalue weighted by atomic mass is 16.3. The number of phenols is 1. The van der Waals surface area contributed by atoms with E-state index in [0.717, 1.165) is 6.42 Å². The lowest BCUT2D eigenvalue weighted by Gasteiger charge is -2.32. The minimum absolute atomic E-state index is 0.556. The topological polar surface area (TPSA) is 20.2 Å². The standard InChI is InChI=1S/C21H30O/c1-2-9-16-14-15-19(22)21(18-12-7-4-8-13-18)20(16)17-10-5-3-6-11-17/h2,14-15,17-18,22H,1,3-13H2. The number of benzene rings is 1. The Hall–Kier alpha value is -1.24. The maximum Gasteiger partial charge on any atom is 0.119 e. The third kappa shape index (κ3) is 3.24. The maximum atomic E-state index is 10.6. The molecule has 120 valence electrons. The lowest BCUT2D eigenvalue weighted by atomic mass is 9.73. The van der Waals surface area contributed by atoms with Crippen molar-refractivity contribution in [3.8, 4) is 5.75 Å². The van der Waals surface area contributed by atoms with Crippen LogP contribution in [0, 0.1) is 0 Å². The molecule has 2 aliphatic carbocycles. The van der Waals surface area contributed by atoms with Gasteiger partial charge in [0.25, 0.3) is 0 Å². The molecular weight excluding hydrogens is 268 g/mol. The van der Waals surface area contributed by atoms with E-state index in [-0.39, 0.29) is 0 Å². The smallest absolute Gasteiger partial charge is 0.119 e. The van der Waals surface area contributed by atoms with Crippen LogP contribution in [0.4, 0.5) is 0 Å². The van der Waals surface area contributed by atoms with Crippen molar-refractivity contribution in [2.24, 2.45) is 0 Å². The van der Waals surface area contributed by atoms with Crippen molar-refractivity contribution in [2.45, 2.75) is 82.5 Å². The van der Waals surface area contributed by atoms with Crippen LogP contribution in [-0.2, 0) is 6.42 Å². The molecule has 0 spiro atoms. The van der Waals surface area contributed by atoms with E-state index in [9.17, 15) is 5.11 Å². The highest BCUT2D eigenvalue weighted by molar-refractivity contribution is 5.49. The van der Waals surface area contributed by atoms with E-state index in [1.165, 1.54) is 80.9 Å². The van der Waals surface area contributed by atoms with Gasteiger partial charge >= 0.3 is 0 Å². The zero-order valence-electron chi connectivity index (χ0n) is 13.8. The van der Waals surface area contributed by atoms with Crippen molar-refractivity contribution in [1.82, 2.24) is 0 Å². The maximum absolute atomic E-state index is 10.6. The van der Waals surface area contributed by atoms with Gasteiger partial charge in [0.05, 0.1) is 0 Å². The summed E-state index contributed by atoms with van der Waals surface area (Å²) in [6.45, 7) is 3.94. The van der Waals surface area contributed by atoms with Crippen LogP contribution >= 0.6 is 0 Å². The molecular formula is C21H30O. The number of allylic oxidation sites excluding steroid dienone is 1. The number of hydrogen-bond donors (Lipinski definition) is 1. The Balaban J connectivity index is 2.03. The normalized spacial score (nSPS) is 20.9. The Morgan fingerprint density at radius 1 is 0.864 bits per heavy atom. The predicted octanol–water partition coefficient (Wildman–Crippen LogP) is 6.22. The van der Waals surface area contributed by atoms with Gasteiger partial charge in [0.2, 0.25) is 0 Å². The van der Waals surface area contributed by atoms with E-state index in [0.29, 0.717) is 17.6 Å².